The van der Waals surface area contributed by atoms with E-state index in [0.29, 0.717) is 29.8 Å². The summed E-state index contributed by atoms with van der Waals surface area (Å²) in [6, 6.07) is 26.4. The summed E-state index contributed by atoms with van der Waals surface area (Å²) in [5.74, 6) is -0.374. The number of hydrogen-bond donors (Lipinski definition) is 1. The van der Waals surface area contributed by atoms with Crippen LogP contribution >= 0.6 is 0 Å². The first-order valence-electron chi connectivity index (χ1n) is 12.0. The predicted octanol–water partition coefficient (Wildman–Crippen LogP) is 5.92. The van der Waals surface area contributed by atoms with E-state index >= 15 is 0 Å². The molecule has 0 aliphatic carbocycles. The highest BCUT2D eigenvalue weighted by molar-refractivity contribution is 5.91. The Kier molecular flexibility index (Phi) is 8.35. The monoisotopic (exact) mass is 493 g/mol. The van der Waals surface area contributed by atoms with Crippen molar-refractivity contribution in [2.45, 2.75) is 26.5 Å². The molecule has 7 heteroatoms. The Morgan fingerprint density at radius 3 is 2.38 bits per heavy atom. The summed E-state index contributed by atoms with van der Waals surface area (Å²) in [5.41, 5.74) is 5.39. The summed E-state index contributed by atoms with van der Waals surface area (Å²) in [4.78, 5) is 24.8. The van der Waals surface area contributed by atoms with Gasteiger partial charge in [-0.15, -0.1) is 0 Å². The minimum Gasteiger partial charge on any atom is -0.462 e. The van der Waals surface area contributed by atoms with Gasteiger partial charge in [0.15, 0.2) is 0 Å². The van der Waals surface area contributed by atoms with E-state index in [-0.39, 0.29) is 19.2 Å². The molecule has 0 radical (unpaired) electrons. The third-order valence-electron chi connectivity index (χ3n) is 5.69. The van der Waals surface area contributed by atoms with Crippen LogP contribution in [0.25, 0.3) is 0 Å². The summed E-state index contributed by atoms with van der Waals surface area (Å²) in [6.07, 6.45) is 3.69. The molecule has 1 amide bonds. The van der Waals surface area contributed by atoms with Crippen molar-refractivity contribution in [3.63, 3.8) is 0 Å². The number of benzene rings is 3. The quantitative estimate of drug-likeness (QED) is 0.292. The van der Waals surface area contributed by atoms with Crippen LogP contribution in [0.2, 0.25) is 0 Å². The molecule has 0 saturated heterocycles. The first-order valence-corrected chi connectivity index (χ1v) is 12.0. The normalized spacial score (nSPS) is 10.4. The van der Waals surface area contributed by atoms with Gasteiger partial charge in [-0.2, -0.15) is 5.26 Å². The fraction of sp³-hybridized carbons (Fsp3) is 0.167. The molecule has 0 fully saturated rings. The van der Waals surface area contributed by atoms with Gasteiger partial charge >= 0.3 is 12.1 Å². The topological polar surface area (TPSA) is 93.4 Å². The Hall–Kier alpha value is -4.83. The van der Waals surface area contributed by atoms with E-state index < -0.39 is 6.09 Å². The van der Waals surface area contributed by atoms with Crippen molar-refractivity contribution in [1.29, 1.82) is 5.26 Å². The minimum atomic E-state index is -0.529. The lowest BCUT2D eigenvalue weighted by molar-refractivity contribution is 0.0525. The van der Waals surface area contributed by atoms with Crippen molar-refractivity contribution in [2.75, 3.05) is 11.9 Å². The van der Waals surface area contributed by atoms with Gasteiger partial charge in [0.25, 0.3) is 0 Å². The van der Waals surface area contributed by atoms with E-state index in [0.717, 1.165) is 22.3 Å². The van der Waals surface area contributed by atoms with Crippen LogP contribution in [0.15, 0.2) is 91.3 Å². The standard InChI is InChI=1S/C30H27N3O4/c1-2-36-29(34)28-20-33(18-25-10-6-9-24(15-25)17-31)19-26(28)16-22-11-13-27(14-12-22)32-30(35)37-21-23-7-4-3-5-8-23/h3-15,19-20H,2,16,18,21H2,1H3,(H,32,35). The molecular weight excluding hydrogens is 466 g/mol. The largest absolute Gasteiger partial charge is 0.462 e. The van der Waals surface area contributed by atoms with Crippen LogP contribution in [0, 0.1) is 11.3 Å². The zero-order chi connectivity index (χ0) is 26.0. The van der Waals surface area contributed by atoms with Crippen LogP contribution in [-0.2, 0) is 29.0 Å². The van der Waals surface area contributed by atoms with Crippen LogP contribution in [0.4, 0.5) is 10.5 Å². The summed E-state index contributed by atoms with van der Waals surface area (Å²) < 4.78 is 12.5. The van der Waals surface area contributed by atoms with Crippen LogP contribution in [0.5, 0.6) is 0 Å². The molecule has 1 aromatic heterocycles. The van der Waals surface area contributed by atoms with Crippen LogP contribution in [-0.4, -0.2) is 23.2 Å². The third kappa shape index (κ3) is 7.09. The van der Waals surface area contributed by atoms with Crippen molar-refractivity contribution in [2.24, 2.45) is 0 Å². The lowest BCUT2D eigenvalue weighted by Crippen LogP contribution is -2.13. The van der Waals surface area contributed by atoms with Crippen molar-refractivity contribution in [3.05, 3.63) is 125 Å². The average molecular weight is 494 g/mol. The van der Waals surface area contributed by atoms with E-state index in [1.165, 1.54) is 0 Å². The molecule has 186 valence electrons. The fourth-order valence-corrected chi connectivity index (χ4v) is 3.93. The molecule has 0 spiro atoms. The van der Waals surface area contributed by atoms with Crippen molar-refractivity contribution >= 4 is 17.7 Å². The van der Waals surface area contributed by atoms with Crippen LogP contribution in [0.1, 0.15) is 45.1 Å². The van der Waals surface area contributed by atoms with Gasteiger partial charge in [-0.25, -0.2) is 9.59 Å². The highest BCUT2D eigenvalue weighted by atomic mass is 16.5. The first kappa shape index (κ1) is 25.3. The van der Waals surface area contributed by atoms with Gasteiger partial charge in [0.1, 0.15) is 6.61 Å². The number of amides is 1. The van der Waals surface area contributed by atoms with Crippen molar-refractivity contribution in [3.8, 4) is 6.07 Å². The van der Waals surface area contributed by atoms with E-state index in [1.807, 2.05) is 71.4 Å². The van der Waals surface area contributed by atoms with Crippen molar-refractivity contribution < 1.29 is 19.1 Å². The summed E-state index contributed by atoms with van der Waals surface area (Å²) >= 11 is 0. The Morgan fingerprint density at radius 2 is 1.65 bits per heavy atom. The number of anilines is 1. The van der Waals surface area contributed by atoms with Gasteiger partial charge in [0.05, 0.1) is 23.8 Å². The van der Waals surface area contributed by atoms with Gasteiger partial charge < -0.3 is 14.0 Å². The molecule has 0 saturated carbocycles. The highest BCUT2D eigenvalue weighted by Crippen LogP contribution is 2.20. The molecule has 0 aliphatic heterocycles. The lowest BCUT2D eigenvalue weighted by Gasteiger charge is -2.08. The van der Waals surface area contributed by atoms with Gasteiger partial charge in [0, 0.05) is 24.6 Å². The van der Waals surface area contributed by atoms with Crippen LogP contribution in [0.3, 0.4) is 0 Å². The molecule has 4 rings (SSSR count). The average Bonchev–Trinajstić information content (AvgIpc) is 3.31. The number of hydrogen-bond acceptors (Lipinski definition) is 5. The second kappa shape index (κ2) is 12.2. The van der Waals surface area contributed by atoms with Gasteiger partial charge in [0.2, 0.25) is 0 Å². The molecule has 0 unspecified atom stereocenters. The number of carbonyl (C=O) groups excluding carboxylic acids is 2. The Morgan fingerprint density at radius 1 is 0.892 bits per heavy atom. The number of nitrogens with one attached hydrogen (secondary N) is 1. The number of nitriles is 1. The Bertz CT molecular complexity index is 1400. The number of rotatable bonds is 9. The first-order chi connectivity index (χ1) is 18.0. The number of nitrogens with zero attached hydrogens (tertiary/aromatic N) is 2. The van der Waals surface area contributed by atoms with Gasteiger partial charge in [-0.1, -0.05) is 54.6 Å². The van der Waals surface area contributed by atoms with Crippen LogP contribution < -0.4 is 5.32 Å². The van der Waals surface area contributed by atoms with Gasteiger partial charge in [-0.3, -0.25) is 5.32 Å². The fourth-order valence-electron chi connectivity index (χ4n) is 3.93. The summed E-state index contributed by atoms with van der Waals surface area (Å²) in [7, 11) is 0. The molecule has 3 aromatic carbocycles. The van der Waals surface area contributed by atoms with Crippen molar-refractivity contribution in [1.82, 2.24) is 4.57 Å². The van der Waals surface area contributed by atoms with E-state index in [1.54, 1.807) is 31.3 Å². The molecule has 1 heterocycles. The SMILES string of the molecule is CCOC(=O)c1cn(Cc2cccc(C#N)c2)cc1Cc1ccc(NC(=O)OCc2ccccc2)cc1. The molecule has 37 heavy (non-hydrogen) atoms. The Labute approximate surface area is 215 Å². The maximum atomic E-state index is 12.6. The zero-order valence-corrected chi connectivity index (χ0v) is 20.5. The second-order valence-electron chi connectivity index (χ2n) is 8.46. The minimum absolute atomic E-state index is 0.194. The number of carbonyl (C=O) groups is 2. The predicted molar refractivity (Wildman–Crippen MR) is 140 cm³/mol. The molecule has 4 aromatic rings. The Balaban J connectivity index is 1.43. The highest BCUT2D eigenvalue weighted by Gasteiger charge is 2.17. The molecule has 1 N–H and O–H groups in total. The number of aromatic nitrogens is 1. The molecular formula is C30H27N3O4. The van der Waals surface area contributed by atoms with E-state index in [2.05, 4.69) is 11.4 Å². The third-order valence-corrected chi connectivity index (χ3v) is 5.69. The summed E-state index contributed by atoms with van der Waals surface area (Å²) in [5, 5.41) is 11.9. The zero-order valence-electron chi connectivity index (χ0n) is 20.5. The molecule has 0 bridgehead atoms. The van der Waals surface area contributed by atoms with Gasteiger partial charge in [-0.05, 0) is 59.9 Å². The lowest BCUT2D eigenvalue weighted by atomic mass is 10.0. The maximum absolute atomic E-state index is 12.6. The molecule has 0 aliphatic rings. The number of esters is 1. The second-order valence-corrected chi connectivity index (χ2v) is 8.46. The molecule has 0 atom stereocenters. The smallest absolute Gasteiger partial charge is 0.411 e. The summed E-state index contributed by atoms with van der Waals surface area (Å²) in [6.45, 7) is 2.78. The van der Waals surface area contributed by atoms with E-state index in [9.17, 15) is 9.59 Å². The van der Waals surface area contributed by atoms with E-state index in [4.69, 9.17) is 14.7 Å². The maximum Gasteiger partial charge on any atom is 0.411 e. The number of ether oxygens (including phenoxy) is 2. The molecule has 7 nitrogen and oxygen atoms in total.